The molecule has 0 aliphatic carbocycles. The van der Waals surface area contributed by atoms with E-state index in [-0.39, 0.29) is 23.6 Å². The topological polar surface area (TPSA) is 81.3 Å². The summed E-state index contributed by atoms with van der Waals surface area (Å²) in [6.45, 7) is 6.23. The van der Waals surface area contributed by atoms with E-state index in [2.05, 4.69) is 13.8 Å². The van der Waals surface area contributed by atoms with E-state index in [0.29, 0.717) is 24.4 Å². The second-order valence-corrected chi connectivity index (χ2v) is 7.75. The summed E-state index contributed by atoms with van der Waals surface area (Å²) < 4.78 is 2.85. The average molecular weight is 406 g/mol. The smallest absolute Gasteiger partial charge is 0.336 e. The Kier molecular flexibility index (Phi) is 6.35. The lowest BCUT2D eigenvalue weighted by Gasteiger charge is -2.11. The van der Waals surface area contributed by atoms with Gasteiger partial charge in [-0.05, 0) is 35.1 Å². The molecule has 0 unspecified atom stereocenters. The maximum atomic E-state index is 12.8. The molecule has 0 radical (unpaired) electrons. The number of nitrogens with zero attached hydrogens (tertiary/aromatic N) is 2. The Morgan fingerprint density at radius 1 is 1.03 bits per heavy atom. The molecule has 1 N–H and O–H groups in total. The largest absolute Gasteiger partial charge is 0.478 e. The van der Waals surface area contributed by atoms with Crippen LogP contribution >= 0.6 is 0 Å². The number of aromatic nitrogens is 2. The minimum Gasteiger partial charge on any atom is -0.478 e. The molecule has 30 heavy (non-hydrogen) atoms. The van der Waals surface area contributed by atoms with E-state index in [0.717, 1.165) is 16.8 Å². The fourth-order valence-electron chi connectivity index (χ4n) is 3.52. The summed E-state index contributed by atoms with van der Waals surface area (Å²) >= 11 is 0. The molecule has 3 rings (SSSR count). The zero-order valence-electron chi connectivity index (χ0n) is 17.5. The molecule has 0 aliphatic heterocycles. The van der Waals surface area contributed by atoms with Crippen LogP contribution in [-0.4, -0.2) is 26.1 Å². The Morgan fingerprint density at radius 2 is 1.70 bits per heavy atom. The Morgan fingerprint density at radius 3 is 2.30 bits per heavy atom. The zero-order chi connectivity index (χ0) is 21.8. The number of imidazole rings is 1. The summed E-state index contributed by atoms with van der Waals surface area (Å²) in [5, 5.41) is 9.41. The van der Waals surface area contributed by atoms with Gasteiger partial charge in [0.1, 0.15) is 0 Å². The molecule has 0 saturated heterocycles. The van der Waals surface area contributed by atoms with Crippen molar-refractivity contribution in [2.75, 3.05) is 0 Å². The Bertz CT molecular complexity index is 1120. The van der Waals surface area contributed by atoms with Gasteiger partial charge in [-0.2, -0.15) is 0 Å². The van der Waals surface area contributed by atoms with Crippen molar-refractivity contribution >= 4 is 11.9 Å². The van der Waals surface area contributed by atoms with Crippen molar-refractivity contribution in [3.05, 3.63) is 82.0 Å². The van der Waals surface area contributed by atoms with Crippen molar-refractivity contribution in [2.24, 2.45) is 5.92 Å². The van der Waals surface area contributed by atoms with Gasteiger partial charge in [-0.1, -0.05) is 63.2 Å². The van der Waals surface area contributed by atoms with Gasteiger partial charge in [0.15, 0.2) is 0 Å². The molecular formula is C24H26N2O4. The lowest BCUT2D eigenvalue weighted by molar-refractivity contribution is 0.0697. The highest BCUT2D eigenvalue weighted by Crippen LogP contribution is 2.24. The van der Waals surface area contributed by atoms with E-state index in [1.165, 1.54) is 4.57 Å². The molecule has 0 spiro atoms. The number of carboxylic acid groups (broad SMARTS) is 1. The molecule has 6 nitrogen and oxygen atoms in total. The molecule has 156 valence electrons. The van der Waals surface area contributed by atoms with Crippen LogP contribution in [0.5, 0.6) is 0 Å². The van der Waals surface area contributed by atoms with Gasteiger partial charge in [0.25, 0.3) is 0 Å². The molecule has 3 aromatic rings. The SMILES string of the molecule is CCC(=O)n1cc(CC(C)C)n(Cc2ccc(-c3ccccc3C(=O)O)cc2)c1=O. The van der Waals surface area contributed by atoms with E-state index in [1.54, 1.807) is 42.0 Å². The molecule has 2 aromatic carbocycles. The van der Waals surface area contributed by atoms with Crippen molar-refractivity contribution in [1.29, 1.82) is 0 Å². The molecule has 1 heterocycles. The van der Waals surface area contributed by atoms with Gasteiger partial charge in [0, 0.05) is 18.3 Å². The van der Waals surface area contributed by atoms with E-state index in [4.69, 9.17) is 0 Å². The van der Waals surface area contributed by atoms with Crippen LogP contribution in [0.3, 0.4) is 0 Å². The first-order valence-electron chi connectivity index (χ1n) is 10.1. The molecule has 1 aromatic heterocycles. The third-order valence-corrected chi connectivity index (χ3v) is 5.01. The number of hydrogen-bond acceptors (Lipinski definition) is 3. The first-order valence-corrected chi connectivity index (χ1v) is 10.1. The Labute approximate surface area is 175 Å². The van der Waals surface area contributed by atoms with Crippen LogP contribution in [0.25, 0.3) is 11.1 Å². The highest BCUT2D eigenvalue weighted by Gasteiger charge is 2.17. The van der Waals surface area contributed by atoms with Gasteiger partial charge in [-0.25, -0.2) is 14.2 Å². The van der Waals surface area contributed by atoms with Crippen molar-refractivity contribution in [2.45, 2.75) is 40.2 Å². The minimum atomic E-state index is -0.971. The summed E-state index contributed by atoms with van der Waals surface area (Å²) in [6.07, 6.45) is 2.62. The van der Waals surface area contributed by atoms with E-state index >= 15 is 0 Å². The lowest BCUT2D eigenvalue weighted by atomic mass is 9.98. The normalized spacial score (nSPS) is 11.1. The molecule has 6 heteroatoms. The molecule has 0 fully saturated rings. The zero-order valence-corrected chi connectivity index (χ0v) is 17.5. The van der Waals surface area contributed by atoms with Crippen LogP contribution < -0.4 is 5.69 Å². The van der Waals surface area contributed by atoms with E-state index < -0.39 is 5.97 Å². The van der Waals surface area contributed by atoms with Gasteiger partial charge < -0.3 is 5.11 Å². The number of carboxylic acids is 1. The van der Waals surface area contributed by atoms with Gasteiger partial charge >= 0.3 is 11.7 Å². The highest BCUT2D eigenvalue weighted by molar-refractivity contribution is 5.96. The quantitative estimate of drug-likeness (QED) is 0.634. The summed E-state index contributed by atoms with van der Waals surface area (Å²) in [5.74, 6) is -0.844. The molecule has 0 atom stereocenters. The first-order chi connectivity index (χ1) is 14.3. The average Bonchev–Trinajstić information content (AvgIpc) is 3.02. The van der Waals surface area contributed by atoms with Gasteiger partial charge in [0.2, 0.25) is 5.91 Å². The number of hydrogen-bond donors (Lipinski definition) is 1. The fraction of sp³-hybridized carbons (Fsp3) is 0.292. The minimum absolute atomic E-state index is 0.218. The molecule has 0 aliphatic rings. The van der Waals surface area contributed by atoms with Crippen molar-refractivity contribution < 1.29 is 14.7 Å². The second kappa shape index (κ2) is 8.95. The van der Waals surface area contributed by atoms with Crippen LogP contribution in [0, 0.1) is 5.92 Å². The van der Waals surface area contributed by atoms with Gasteiger partial charge in [-0.15, -0.1) is 0 Å². The van der Waals surface area contributed by atoms with Gasteiger partial charge in [0.05, 0.1) is 12.1 Å². The highest BCUT2D eigenvalue weighted by atomic mass is 16.4. The maximum absolute atomic E-state index is 12.8. The van der Waals surface area contributed by atoms with Crippen LogP contribution in [0.1, 0.15) is 53.6 Å². The summed E-state index contributed by atoms with van der Waals surface area (Å²) in [5.41, 5.74) is 3.10. The van der Waals surface area contributed by atoms with E-state index in [9.17, 15) is 19.5 Å². The van der Waals surface area contributed by atoms with Crippen molar-refractivity contribution in [3.8, 4) is 11.1 Å². The second-order valence-electron chi connectivity index (χ2n) is 7.75. The third-order valence-electron chi connectivity index (χ3n) is 5.01. The number of benzene rings is 2. The predicted molar refractivity (Wildman–Crippen MR) is 116 cm³/mol. The summed E-state index contributed by atoms with van der Waals surface area (Å²) in [6, 6.07) is 14.4. The van der Waals surface area contributed by atoms with Crippen molar-refractivity contribution in [3.63, 3.8) is 0 Å². The molecule has 0 bridgehead atoms. The maximum Gasteiger partial charge on any atom is 0.336 e. The van der Waals surface area contributed by atoms with Crippen LogP contribution in [0.15, 0.2) is 59.5 Å². The van der Waals surface area contributed by atoms with Crippen LogP contribution in [-0.2, 0) is 13.0 Å². The number of carbonyl (C=O) groups excluding carboxylic acids is 1. The molecule has 0 saturated carbocycles. The first kappa shape index (κ1) is 21.3. The standard InChI is InChI=1S/C24H26N2O4/c1-4-22(27)26-15-19(13-16(2)3)25(24(26)30)14-17-9-11-18(12-10-17)20-7-5-6-8-21(20)23(28)29/h5-12,15-16H,4,13-14H2,1-3H3,(H,28,29). The predicted octanol–water partition coefficient (Wildman–Crippen LogP) is 4.31. The number of aromatic carboxylic acids is 1. The number of rotatable bonds is 7. The van der Waals surface area contributed by atoms with Crippen LogP contribution in [0.4, 0.5) is 0 Å². The van der Waals surface area contributed by atoms with Gasteiger partial charge in [-0.3, -0.25) is 9.36 Å². The van der Waals surface area contributed by atoms with E-state index in [1.807, 2.05) is 24.3 Å². The van der Waals surface area contributed by atoms with Crippen LogP contribution in [0.2, 0.25) is 0 Å². The summed E-state index contributed by atoms with van der Waals surface area (Å²) in [4.78, 5) is 36.4. The van der Waals surface area contributed by atoms with Crippen molar-refractivity contribution in [1.82, 2.24) is 9.13 Å². The molecule has 0 amide bonds. The lowest BCUT2D eigenvalue weighted by Crippen LogP contribution is -2.29. The summed E-state index contributed by atoms with van der Waals surface area (Å²) in [7, 11) is 0. The number of carbonyl (C=O) groups is 2. The fourth-order valence-corrected chi connectivity index (χ4v) is 3.52. The Balaban J connectivity index is 1.94. The third kappa shape index (κ3) is 4.43. The molecular weight excluding hydrogens is 380 g/mol. The Hall–Kier alpha value is -3.41. The monoisotopic (exact) mass is 406 g/mol.